The van der Waals surface area contributed by atoms with Crippen LogP contribution in [0.5, 0.6) is 0 Å². The SMILES string of the molecule is O=c1n(CCN2CCCCC2)c2cccnc2n1Cc1cccs1. The molecule has 0 bridgehead atoms. The maximum Gasteiger partial charge on any atom is 0.330 e. The van der Waals surface area contributed by atoms with Gasteiger partial charge in [0.1, 0.15) is 0 Å². The van der Waals surface area contributed by atoms with Crippen molar-refractivity contribution in [2.75, 3.05) is 19.6 Å². The van der Waals surface area contributed by atoms with Crippen molar-refractivity contribution < 1.29 is 0 Å². The molecule has 0 saturated carbocycles. The summed E-state index contributed by atoms with van der Waals surface area (Å²) in [5.41, 5.74) is 1.78. The number of rotatable bonds is 5. The van der Waals surface area contributed by atoms with Crippen LogP contribution in [0, 0.1) is 0 Å². The number of thiophene rings is 1. The summed E-state index contributed by atoms with van der Waals surface area (Å²) in [4.78, 5) is 21.1. The fourth-order valence-corrected chi connectivity index (χ4v) is 4.18. The van der Waals surface area contributed by atoms with Gasteiger partial charge in [0.2, 0.25) is 0 Å². The van der Waals surface area contributed by atoms with Crippen LogP contribution < -0.4 is 5.69 Å². The van der Waals surface area contributed by atoms with Crippen LogP contribution in [0.25, 0.3) is 11.2 Å². The Labute approximate surface area is 145 Å². The average Bonchev–Trinajstić information content (AvgIpc) is 3.22. The van der Waals surface area contributed by atoms with Gasteiger partial charge in [0.15, 0.2) is 5.65 Å². The van der Waals surface area contributed by atoms with Crippen molar-refractivity contribution in [1.82, 2.24) is 19.0 Å². The van der Waals surface area contributed by atoms with Gasteiger partial charge in [-0.05, 0) is 49.5 Å². The predicted molar refractivity (Wildman–Crippen MR) is 97.7 cm³/mol. The summed E-state index contributed by atoms with van der Waals surface area (Å²) >= 11 is 1.68. The van der Waals surface area contributed by atoms with E-state index in [1.165, 1.54) is 24.1 Å². The highest BCUT2D eigenvalue weighted by atomic mass is 32.1. The molecule has 1 fully saturated rings. The van der Waals surface area contributed by atoms with Crippen LogP contribution in [-0.4, -0.2) is 38.7 Å². The van der Waals surface area contributed by atoms with Gasteiger partial charge in [0.05, 0.1) is 12.1 Å². The molecule has 0 radical (unpaired) electrons. The van der Waals surface area contributed by atoms with E-state index in [9.17, 15) is 4.79 Å². The second kappa shape index (κ2) is 6.91. The van der Waals surface area contributed by atoms with Gasteiger partial charge in [-0.15, -0.1) is 11.3 Å². The smallest absolute Gasteiger partial charge is 0.302 e. The molecule has 0 unspecified atom stereocenters. The highest BCUT2D eigenvalue weighted by molar-refractivity contribution is 7.09. The van der Waals surface area contributed by atoms with Gasteiger partial charge in [-0.2, -0.15) is 0 Å². The van der Waals surface area contributed by atoms with E-state index < -0.39 is 0 Å². The molecule has 3 aromatic rings. The maximum absolute atomic E-state index is 13.0. The molecule has 0 atom stereocenters. The lowest BCUT2D eigenvalue weighted by Gasteiger charge is -2.26. The lowest BCUT2D eigenvalue weighted by molar-refractivity contribution is 0.220. The first-order valence-corrected chi connectivity index (χ1v) is 9.50. The first-order chi connectivity index (χ1) is 11.8. The Morgan fingerprint density at radius 2 is 1.92 bits per heavy atom. The number of fused-ring (bicyclic) bond motifs is 1. The molecule has 4 heterocycles. The number of piperidine rings is 1. The molecule has 1 aliphatic heterocycles. The van der Waals surface area contributed by atoms with Gasteiger partial charge in [0, 0.05) is 24.2 Å². The number of likely N-dealkylation sites (tertiary alicyclic amines) is 1. The van der Waals surface area contributed by atoms with E-state index in [4.69, 9.17) is 0 Å². The molecular weight excluding hydrogens is 320 g/mol. The Bertz CT molecular complexity index is 859. The minimum atomic E-state index is 0.0501. The lowest BCUT2D eigenvalue weighted by Crippen LogP contribution is -2.35. The zero-order valence-corrected chi connectivity index (χ0v) is 14.5. The lowest BCUT2D eigenvalue weighted by atomic mass is 10.1. The number of aromatic nitrogens is 3. The van der Waals surface area contributed by atoms with Crippen LogP contribution in [0.3, 0.4) is 0 Å². The third-order valence-corrected chi connectivity index (χ3v) is 5.62. The summed E-state index contributed by atoms with van der Waals surface area (Å²) in [6, 6.07) is 8.00. The van der Waals surface area contributed by atoms with Crippen LogP contribution in [0.1, 0.15) is 24.1 Å². The molecule has 6 heteroatoms. The Morgan fingerprint density at radius 1 is 1.04 bits per heavy atom. The van der Waals surface area contributed by atoms with Crippen LogP contribution in [-0.2, 0) is 13.1 Å². The molecule has 0 aromatic carbocycles. The summed E-state index contributed by atoms with van der Waals surface area (Å²) in [5, 5.41) is 2.04. The Kier molecular flexibility index (Phi) is 4.49. The molecule has 0 amide bonds. The summed E-state index contributed by atoms with van der Waals surface area (Å²) in [7, 11) is 0. The summed E-state index contributed by atoms with van der Waals surface area (Å²) in [6.07, 6.45) is 5.65. The van der Waals surface area contributed by atoms with Crippen LogP contribution in [0.4, 0.5) is 0 Å². The normalized spacial score (nSPS) is 16.0. The number of pyridine rings is 1. The van der Waals surface area contributed by atoms with Crippen molar-refractivity contribution in [3.05, 3.63) is 51.2 Å². The standard InChI is InChI=1S/C18H22N4OS/c23-18-21(12-11-20-9-2-1-3-10-20)16-7-4-8-19-17(16)22(18)14-15-6-5-13-24-15/h4-8,13H,1-3,9-12,14H2. The summed E-state index contributed by atoms with van der Waals surface area (Å²) < 4.78 is 3.70. The van der Waals surface area contributed by atoms with Crippen molar-refractivity contribution in [2.24, 2.45) is 0 Å². The number of hydrogen-bond acceptors (Lipinski definition) is 4. The first kappa shape index (κ1) is 15.6. The largest absolute Gasteiger partial charge is 0.330 e. The zero-order chi connectivity index (χ0) is 16.4. The monoisotopic (exact) mass is 342 g/mol. The van der Waals surface area contributed by atoms with E-state index in [1.54, 1.807) is 22.1 Å². The third kappa shape index (κ3) is 3.03. The van der Waals surface area contributed by atoms with Gasteiger partial charge in [0.25, 0.3) is 0 Å². The van der Waals surface area contributed by atoms with Gasteiger partial charge in [-0.3, -0.25) is 9.13 Å². The molecule has 126 valence electrons. The quantitative estimate of drug-likeness (QED) is 0.716. The van der Waals surface area contributed by atoms with Crippen molar-refractivity contribution in [3.63, 3.8) is 0 Å². The molecule has 1 saturated heterocycles. The van der Waals surface area contributed by atoms with E-state index in [1.807, 2.05) is 28.1 Å². The average molecular weight is 342 g/mol. The number of hydrogen-bond donors (Lipinski definition) is 0. The second-order valence-electron chi connectivity index (χ2n) is 6.35. The van der Waals surface area contributed by atoms with Gasteiger partial charge in [-0.25, -0.2) is 9.78 Å². The molecule has 4 rings (SSSR count). The van der Waals surface area contributed by atoms with E-state index >= 15 is 0 Å². The Morgan fingerprint density at radius 3 is 2.71 bits per heavy atom. The molecular formula is C18H22N4OS. The highest BCUT2D eigenvalue weighted by Gasteiger charge is 2.16. The van der Waals surface area contributed by atoms with E-state index in [2.05, 4.69) is 16.0 Å². The van der Waals surface area contributed by atoms with E-state index in [0.29, 0.717) is 6.54 Å². The predicted octanol–water partition coefficient (Wildman–Crippen LogP) is 2.79. The van der Waals surface area contributed by atoms with E-state index in [-0.39, 0.29) is 5.69 Å². The molecule has 0 N–H and O–H groups in total. The topological polar surface area (TPSA) is 43.1 Å². The maximum atomic E-state index is 13.0. The van der Waals surface area contributed by atoms with Gasteiger partial charge >= 0.3 is 5.69 Å². The molecule has 24 heavy (non-hydrogen) atoms. The molecule has 0 spiro atoms. The van der Waals surface area contributed by atoms with Crippen molar-refractivity contribution >= 4 is 22.5 Å². The highest BCUT2D eigenvalue weighted by Crippen LogP contribution is 2.15. The molecule has 0 aliphatic carbocycles. The minimum absolute atomic E-state index is 0.0501. The Balaban J connectivity index is 1.64. The Hall–Kier alpha value is -1.92. The molecule has 3 aromatic heterocycles. The van der Waals surface area contributed by atoms with Crippen molar-refractivity contribution in [1.29, 1.82) is 0 Å². The summed E-state index contributed by atoms with van der Waals surface area (Å²) in [5.74, 6) is 0. The van der Waals surface area contributed by atoms with Crippen molar-refractivity contribution in [3.8, 4) is 0 Å². The van der Waals surface area contributed by atoms with E-state index in [0.717, 1.165) is 37.3 Å². The minimum Gasteiger partial charge on any atom is -0.302 e. The zero-order valence-electron chi connectivity index (χ0n) is 13.7. The number of nitrogens with zero attached hydrogens (tertiary/aromatic N) is 4. The fraction of sp³-hybridized carbons (Fsp3) is 0.444. The van der Waals surface area contributed by atoms with Crippen LogP contribution in [0.2, 0.25) is 0 Å². The van der Waals surface area contributed by atoms with Gasteiger partial charge in [-0.1, -0.05) is 12.5 Å². The molecule has 5 nitrogen and oxygen atoms in total. The fourth-order valence-electron chi connectivity index (χ4n) is 3.49. The summed E-state index contributed by atoms with van der Waals surface area (Å²) in [6.45, 7) is 4.58. The molecule has 1 aliphatic rings. The first-order valence-electron chi connectivity index (χ1n) is 8.62. The van der Waals surface area contributed by atoms with Crippen molar-refractivity contribution in [2.45, 2.75) is 32.4 Å². The number of imidazole rings is 1. The van der Waals surface area contributed by atoms with Gasteiger partial charge < -0.3 is 4.90 Å². The van der Waals surface area contributed by atoms with Crippen LogP contribution in [0.15, 0.2) is 40.6 Å². The second-order valence-corrected chi connectivity index (χ2v) is 7.38. The van der Waals surface area contributed by atoms with Crippen LogP contribution >= 0.6 is 11.3 Å². The third-order valence-electron chi connectivity index (χ3n) is 4.76.